The quantitative estimate of drug-likeness (QED) is 0.359. The standard InChI is InChI=1S/C21H36O2/c1-3-5-8-12-20-13-15-21(16-14-20)23-19-11-7-10-18-22-17-9-6-4-2/h13-16H,3-12,17-19H2,1-2H3. The average molecular weight is 321 g/mol. The maximum Gasteiger partial charge on any atom is 0.119 e. The van der Waals surface area contributed by atoms with Gasteiger partial charge >= 0.3 is 0 Å². The van der Waals surface area contributed by atoms with Crippen molar-refractivity contribution in [2.45, 2.75) is 78.1 Å². The van der Waals surface area contributed by atoms with Crippen LogP contribution < -0.4 is 4.74 Å². The zero-order valence-electron chi connectivity index (χ0n) is 15.3. The van der Waals surface area contributed by atoms with Crippen molar-refractivity contribution in [3.05, 3.63) is 29.8 Å². The predicted octanol–water partition coefficient (Wildman–Crippen LogP) is 6.18. The third kappa shape index (κ3) is 11.2. The van der Waals surface area contributed by atoms with Gasteiger partial charge in [-0.1, -0.05) is 51.7 Å². The van der Waals surface area contributed by atoms with Gasteiger partial charge in [0.25, 0.3) is 0 Å². The van der Waals surface area contributed by atoms with Gasteiger partial charge in [0.15, 0.2) is 0 Å². The SMILES string of the molecule is CCCCCOCCCCCOc1ccc(CCCCC)cc1. The summed E-state index contributed by atoms with van der Waals surface area (Å²) >= 11 is 0. The van der Waals surface area contributed by atoms with Crippen LogP contribution in [0.5, 0.6) is 5.75 Å². The van der Waals surface area contributed by atoms with E-state index in [-0.39, 0.29) is 0 Å². The number of hydrogen-bond acceptors (Lipinski definition) is 2. The fourth-order valence-electron chi connectivity index (χ4n) is 2.56. The highest BCUT2D eigenvalue weighted by Gasteiger charge is 1.97. The lowest BCUT2D eigenvalue weighted by molar-refractivity contribution is 0.125. The fraction of sp³-hybridized carbons (Fsp3) is 0.714. The Morgan fingerprint density at radius 3 is 1.96 bits per heavy atom. The van der Waals surface area contributed by atoms with Crippen molar-refractivity contribution in [3.63, 3.8) is 0 Å². The van der Waals surface area contributed by atoms with Crippen molar-refractivity contribution in [2.24, 2.45) is 0 Å². The summed E-state index contributed by atoms with van der Waals surface area (Å²) in [6.45, 7) is 7.10. The van der Waals surface area contributed by atoms with Gasteiger partial charge in [-0.05, 0) is 56.2 Å². The first kappa shape index (κ1) is 20.0. The number of aryl methyl sites for hydroxylation is 1. The molecule has 0 bridgehead atoms. The van der Waals surface area contributed by atoms with E-state index in [0.717, 1.165) is 38.4 Å². The highest BCUT2D eigenvalue weighted by Crippen LogP contribution is 2.15. The van der Waals surface area contributed by atoms with Gasteiger partial charge in [0.05, 0.1) is 6.61 Å². The van der Waals surface area contributed by atoms with Crippen LogP contribution >= 0.6 is 0 Å². The molecule has 2 nitrogen and oxygen atoms in total. The summed E-state index contributed by atoms with van der Waals surface area (Å²) in [6.07, 6.45) is 12.3. The number of benzene rings is 1. The molecule has 132 valence electrons. The third-order valence-electron chi connectivity index (χ3n) is 4.09. The van der Waals surface area contributed by atoms with E-state index in [4.69, 9.17) is 9.47 Å². The van der Waals surface area contributed by atoms with Crippen LogP contribution in [-0.2, 0) is 11.2 Å². The molecule has 1 aromatic rings. The predicted molar refractivity (Wildman–Crippen MR) is 99.4 cm³/mol. The van der Waals surface area contributed by atoms with Crippen molar-refractivity contribution >= 4 is 0 Å². The molecule has 1 aromatic carbocycles. The summed E-state index contributed by atoms with van der Waals surface area (Å²) < 4.78 is 11.4. The molecule has 0 unspecified atom stereocenters. The lowest BCUT2D eigenvalue weighted by atomic mass is 10.1. The smallest absolute Gasteiger partial charge is 0.119 e. The van der Waals surface area contributed by atoms with Crippen LogP contribution in [0.15, 0.2) is 24.3 Å². The number of ether oxygens (including phenoxy) is 2. The molecule has 0 saturated heterocycles. The average Bonchev–Trinajstić information content (AvgIpc) is 2.58. The highest BCUT2D eigenvalue weighted by atomic mass is 16.5. The number of rotatable bonds is 15. The second kappa shape index (κ2) is 14.6. The van der Waals surface area contributed by atoms with Crippen LogP contribution in [0.4, 0.5) is 0 Å². The van der Waals surface area contributed by atoms with Crippen LogP contribution in [0.25, 0.3) is 0 Å². The van der Waals surface area contributed by atoms with E-state index in [1.807, 2.05) is 0 Å². The van der Waals surface area contributed by atoms with Gasteiger partial charge in [-0.15, -0.1) is 0 Å². The van der Waals surface area contributed by atoms with Crippen LogP contribution in [0, 0.1) is 0 Å². The molecule has 0 heterocycles. The third-order valence-corrected chi connectivity index (χ3v) is 4.09. The zero-order valence-corrected chi connectivity index (χ0v) is 15.3. The lowest BCUT2D eigenvalue weighted by Crippen LogP contribution is -2.00. The summed E-state index contributed by atoms with van der Waals surface area (Å²) in [5.41, 5.74) is 1.42. The van der Waals surface area contributed by atoms with E-state index >= 15 is 0 Å². The molecule has 0 saturated carbocycles. The highest BCUT2D eigenvalue weighted by molar-refractivity contribution is 5.27. The molecule has 0 aliphatic carbocycles. The molecule has 1 rings (SSSR count). The topological polar surface area (TPSA) is 18.5 Å². The molecule has 0 amide bonds. The minimum atomic E-state index is 0.811. The summed E-state index contributed by atoms with van der Waals surface area (Å²) in [4.78, 5) is 0. The molecule has 0 radical (unpaired) electrons. The minimum absolute atomic E-state index is 0.811. The Balaban J connectivity index is 1.97. The molecule has 23 heavy (non-hydrogen) atoms. The maximum absolute atomic E-state index is 5.81. The second-order valence-electron chi connectivity index (χ2n) is 6.33. The van der Waals surface area contributed by atoms with Gasteiger partial charge in [0.1, 0.15) is 5.75 Å². The Morgan fingerprint density at radius 2 is 1.26 bits per heavy atom. The second-order valence-corrected chi connectivity index (χ2v) is 6.33. The van der Waals surface area contributed by atoms with Gasteiger partial charge in [-0.2, -0.15) is 0 Å². The Bertz CT molecular complexity index is 359. The maximum atomic E-state index is 5.81. The van der Waals surface area contributed by atoms with Gasteiger partial charge in [-0.3, -0.25) is 0 Å². The first-order valence-electron chi connectivity index (χ1n) is 9.66. The fourth-order valence-corrected chi connectivity index (χ4v) is 2.56. The monoisotopic (exact) mass is 320 g/mol. The van der Waals surface area contributed by atoms with Crippen molar-refractivity contribution < 1.29 is 9.47 Å². The Hall–Kier alpha value is -1.02. The zero-order chi connectivity index (χ0) is 16.6. The van der Waals surface area contributed by atoms with Crippen molar-refractivity contribution in [3.8, 4) is 5.75 Å². The molecule has 0 aliphatic heterocycles. The first-order chi connectivity index (χ1) is 11.4. The van der Waals surface area contributed by atoms with Crippen molar-refractivity contribution in [1.29, 1.82) is 0 Å². The normalized spacial score (nSPS) is 10.9. The van der Waals surface area contributed by atoms with Crippen LogP contribution in [-0.4, -0.2) is 19.8 Å². The molecule has 0 spiro atoms. The molecule has 0 aliphatic rings. The molecule has 0 fully saturated rings. The van der Waals surface area contributed by atoms with Gasteiger partial charge in [0, 0.05) is 13.2 Å². The molecular formula is C21H36O2. The molecule has 2 heteroatoms. The lowest BCUT2D eigenvalue weighted by Gasteiger charge is -2.08. The Kier molecular flexibility index (Phi) is 12.7. The summed E-state index contributed by atoms with van der Waals surface area (Å²) in [5.74, 6) is 1.00. The van der Waals surface area contributed by atoms with Gasteiger partial charge in [0.2, 0.25) is 0 Å². The van der Waals surface area contributed by atoms with E-state index in [0.29, 0.717) is 0 Å². The van der Waals surface area contributed by atoms with E-state index in [1.54, 1.807) is 0 Å². The minimum Gasteiger partial charge on any atom is -0.494 e. The molecule has 0 N–H and O–H groups in total. The van der Waals surface area contributed by atoms with Gasteiger partial charge in [-0.25, -0.2) is 0 Å². The van der Waals surface area contributed by atoms with Crippen LogP contribution in [0.1, 0.15) is 77.2 Å². The van der Waals surface area contributed by atoms with E-state index in [1.165, 1.54) is 56.9 Å². The summed E-state index contributed by atoms with van der Waals surface area (Å²) in [5, 5.41) is 0. The molecular weight excluding hydrogens is 284 g/mol. The Morgan fingerprint density at radius 1 is 0.652 bits per heavy atom. The van der Waals surface area contributed by atoms with E-state index in [2.05, 4.69) is 38.1 Å². The van der Waals surface area contributed by atoms with Crippen LogP contribution in [0.3, 0.4) is 0 Å². The number of hydrogen-bond donors (Lipinski definition) is 0. The first-order valence-corrected chi connectivity index (χ1v) is 9.66. The van der Waals surface area contributed by atoms with Crippen molar-refractivity contribution in [1.82, 2.24) is 0 Å². The summed E-state index contributed by atoms with van der Waals surface area (Å²) in [7, 11) is 0. The van der Waals surface area contributed by atoms with E-state index in [9.17, 15) is 0 Å². The van der Waals surface area contributed by atoms with Crippen molar-refractivity contribution in [2.75, 3.05) is 19.8 Å². The largest absolute Gasteiger partial charge is 0.494 e. The van der Waals surface area contributed by atoms with Gasteiger partial charge < -0.3 is 9.47 Å². The van der Waals surface area contributed by atoms with Crippen LogP contribution in [0.2, 0.25) is 0 Å². The van der Waals surface area contributed by atoms with E-state index < -0.39 is 0 Å². The molecule has 0 atom stereocenters. The summed E-state index contributed by atoms with van der Waals surface area (Å²) in [6, 6.07) is 8.63. The number of unbranched alkanes of at least 4 members (excludes halogenated alkanes) is 6. The molecule has 0 aromatic heterocycles. The Labute approximate surface area is 143 Å².